The van der Waals surface area contributed by atoms with Gasteiger partial charge in [0, 0.05) is 40.5 Å². The molecule has 6 aromatic rings. The summed E-state index contributed by atoms with van der Waals surface area (Å²) in [7, 11) is 2.03. The quantitative estimate of drug-likeness (QED) is 0.185. The maximum Gasteiger partial charge on any atom is 0.271 e. The molecule has 0 unspecified atom stereocenters. The SMILES string of the molecule is Cc1c(/C=N/NC(=O)c2ccc(-n3c(-c4ccccc4)ccc3-c3ccccc3)cc2)c2ccccc2n1C. The van der Waals surface area contributed by atoms with E-state index >= 15 is 0 Å². The Morgan fingerprint density at radius 1 is 0.718 bits per heavy atom. The van der Waals surface area contributed by atoms with Crippen LogP contribution in [0.25, 0.3) is 39.1 Å². The van der Waals surface area contributed by atoms with Crippen LogP contribution in [0.1, 0.15) is 21.6 Å². The predicted molar refractivity (Wildman–Crippen MR) is 159 cm³/mol. The van der Waals surface area contributed by atoms with Crippen LogP contribution >= 0.6 is 0 Å². The Morgan fingerprint density at radius 3 is 1.90 bits per heavy atom. The number of para-hydroxylation sites is 1. The number of aryl methyl sites for hydroxylation is 1. The number of carbonyl (C=O) groups is 1. The van der Waals surface area contributed by atoms with Crippen molar-refractivity contribution in [1.29, 1.82) is 0 Å². The van der Waals surface area contributed by atoms with Gasteiger partial charge in [0.15, 0.2) is 0 Å². The average Bonchev–Trinajstić information content (AvgIpc) is 3.54. The molecule has 0 aliphatic heterocycles. The Balaban J connectivity index is 1.28. The first-order valence-corrected chi connectivity index (χ1v) is 12.9. The number of amides is 1. The standard InChI is InChI=1S/C34H28N4O/c1-24-30(29-15-9-10-16-33(29)37(24)2)23-35-36-34(39)27-17-19-28(20-18-27)38-31(25-11-5-3-6-12-25)21-22-32(38)26-13-7-4-8-14-26/h3-23H,1-2H3,(H,36,39)/b35-23+. The lowest BCUT2D eigenvalue weighted by Crippen LogP contribution is -2.17. The van der Waals surface area contributed by atoms with Crippen LogP contribution in [0.15, 0.2) is 126 Å². The van der Waals surface area contributed by atoms with Gasteiger partial charge in [0.2, 0.25) is 0 Å². The molecular weight excluding hydrogens is 480 g/mol. The third kappa shape index (κ3) is 4.55. The van der Waals surface area contributed by atoms with Crippen molar-refractivity contribution in [2.45, 2.75) is 6.92 Å². The number of hydrogen-bond donors (Lipinski definition) is 1. The molecule has 0 saturated carbocycles. The maximum absolute atomic E-state index is 12.9. The number of nitrogens with zero attached hydrogens (tertiary/aromatic N) is 3. The summed E-state index contributed by atoms with van der Waals surface area (Å²) in [5.74, 6) is -0.255. The molecule has 190 valence electrons. The zero-order chi connectivity index (χ0) is 26.8. The Labute approximate surface area is 227 Å². The molecule has 2 heterocycles. The van der Waals surface area contributed by atoms with Crippen LogP contribution in [0.3, 0.4) is 0 Å². The molecule has 2 aromatic heterocycles. The second-order valence-corrected chi connectivity index (χ2v) is 9.49. The minimum absolute atomic E-state index is 0.255. The second-order valence-electron chi connectivity index (χ2n) is 9.49. The van der Waals surface area contributed by atoms with E-state index in [1.54, 1.807) is 6.21 Å². The third-order valence-corrected chi connectivity index (χ3v) is 7.22. The van der Waals surface area contributed by atoms with Crippen molar-refractivity contribution in [2.24, 2.45) is 12.1 Å². The van der Waals surface area contributed by atoms with E-state index in [9.17, 15) is 4.79 Å². The van der Waals surface area contributed by atoms with Crippen molar-refractivity contribution in [3.63, 3.8) is 0 Å². The maximum atomic E-state index is 12.9. The van der Waals surface area contributed by atoms with E-state index in [0.717, 1.165) is 50.4 Å². The molecule has 0 bridgehead atoms. The monoisotopic (exact) mass is 508 g/mol. The lowest BCUT2D eigenvalue weighted by Gasteiger charge is -2.15. The summed E-state index contributed by atoms with van der Waals surface area (Å²) >= 11 is 0. The molecule has 0 fully saturated rings. The number of nitrogens with one attached hydrogen (secondary N) is 1. The highest BCUT2D eigenvalue weighted by atomic mass is 16.2. The van der Waals surface area contributed by atoms with Crippen molar-refractivity contribution in [3.05, 3.63) is 138 Å². The van der Waals surface area contributed by atoms with E-state index in [0.29, 0.717) is 5.56 Å². The second kappa shape index (κ2) is 10.3. The molecule has 0 radical (unpaired) electrons. The third-order valence-electron chi connectivity index (χ3n) is 7.22. The van der Waals surface area contributed by atoms with Gasteiger partial charge in [-0.15, -0.1) is 0 Å². The molecule has 0 aliphatic carbocycles. The minimum atomic E-state index is -0.255. The molecule has 0 spiro atoms. The summed E-state index contributed by atoms with van der Waals surface area (Å²) in [5.41, 5.74) is 11.9. The van der Waals surface area contributed by atoms with Crippen LogP contribution in [0, 0.1) is 6.92 Å². The van der Waals surface area contributed by atoms with Crippen LogP contribution in [0.2, 0.25) is 0 Å². The summed E-state index contributed by atoms with van der Waals surface area (Å²) in [5, 5.41) is 5.39. The Kier molecular flexibility index (Phi) is 6.39. The molecule has 4 aromatic carbocycles. The molecule has 1 N–H and O–H groups in total. The fourth-order valence-electron chi connectivity index (χ4n) is 5.08. The van der Waals surface area contributed by atoms with Gasteiger partial charge in [0.05, 0.1) is 17.6 Å². The van der Waals surface area contributed by atoms with Gasteiger partial charge in [0.25, 0.3) is 5.91 Å². The highest BCUT2D eigenvalue weighted by molar-refractivity contribution is 6.02. The largest absolute Gasteiger partial charge is 0.347 e. The number of rotatable bonds is 6. The van der Waals surface area contributed by atoms with E-state index in [2.05, 4.69) is 75.1 Å². The van der Waals surface area contributed by atoms with E-state index in [-0.39, 0.29) is 5.91 Å². The number of hydrazone groups is 1. The van der Waals surface area contributed by atoms with Gasteiger partial charge in [0.1, 0.15) is 0 Å². The van der Waals surface area contributed by atoms with Gasteiger partial charge in [-0.3, -0.25) is 4.79 Å². The lowest BCUT2D eigenvalue weighted by atomic mass is 10.1. The first-order valence-electron chi connectivity index (χ1n) is 12.9. The molecule has 0 saturated heterocycles. The fraction of sp³-hybridized carbons (Fsp3) is 0.0588. The number of fused-ring (bicyclic) bond motifs is 1. The van der Waals surface area contributed by atoms with Gasteiger partial charge in [-0.1, -0.05) is 78.9 Å². The molecule has 5 heteroatoms. The Morgan fingerprint density at radius 2 is 1.28 bits per heavy atom. The average molecular weight is 509 g/mol. The predicted octanol–water partition coefficient (Wildman–Crippen LogP) is 7.38. The van der Waals surface area contributed by atoms with Crippen molar-refractivity contribution in [1.82, 2.24) is 14.6 Å². The molecule has 6 rings (SSSR count). The van der Waals surface area contributed by atoms with Crippen LogP contribution in [0.4, 0.5) is 0 Å². The van der Waals surface area contributed by atoms with Crippen molar-refractivity contribution >= 4 is 23.0 Å². The summed E-state index contributed by atoms with van der Waals surface area (Å²) in [6, 6.07) is 40.8. The molecule has 0 aliphatic rings. The van der Waals surface area contributed by atoms with Crippen molar-refractivity contribution in [2.75, 3.05) is 0 Å². The number of carbonyl (C=O) groups excluding carboxylic acids is 1. The molecule has 39 heavy (non-hydrogen) atoms. The number of aromatic nitrogens is 2. The van der Waals surface area contributed by atoms with Gasteiger partial charge in [-0.2, -0.15) is 5.10 Å². The van der Waals surface area contributed by atoms with Crippen molar-refractivity contribution < 1.29 is 4.79 Å². The van der Waals surface area contributed by atoms with Gasteiger partial charge < -0.3 is 9.13 Å². The minimum Gasteiger partial charge on any atom is -0.347 e. The van der Waals surface area contributed by atoms with Crippen molar-refractivity contribution in [3.8, 4) is 28.2 Å². The zero-order valence-electron chi connectivity index (χ0n) is 21.9. The summed E-state index contributed by atoms with van der Waals surface area (Å²) in [6.07, 6.45) is 1.72. The van der Waals surface area contributed by atoms with Gasteiger partial charge >= 0.3 is 0 Å². The normalized spacial score (nSPS) is 11.3. The van der Waals surface area contributed by atoms with Crippen LogP contribution in [-0.2, 0) is 7.05 Å². The van der Waals surface area contributed by atoms with Crippen LogP contribution in [0.5, 0.6) is 0 Å². The highest BCUT2D eigenvalue weighted by Gasteiger charge is 2.15. The first kappa shape index (κ1) is 24.2. The summed E-state index contributed by atoms with van der Waals surface area (Å²) in [6.45, 7) is 2.05. The van der Waals surface area contributed by atoms with Crippen LogP contribution < -0.4 is 5.43 Å². The van der Waals surface area contributed by atoms with Crippen LogP contribution in [-0.4, -0.2) is 21.3 Å². The smallest absolute Gasteiger partial charge is 0.271 e. The highest BCUT2D eigenvalue weighted by Crippen LogP contribution is 2.32. The van der Waals surface area contributed by atoms with Gasteiger partial charge in [-0.05, 0) is 60.5 Å². The van der Waals surface area contributed by atoms with E-state index in [4.69, 9.17) is 0 Å². The zero-order valence-corrected chi connectivity index (χ0v) is 21.9. The summed E-state index contributed by atoms with van der Waals surface area (Å²) < 4.78 is 4.36. The van der Waals surface area contributed by atoms with Gasteiger partial charge in [-0.25, -0.2) is 5.43 Å². The topological polar surface area (TPSA) is 51.3 Å². The summed E-state index contributed by atoms with van der Waals surface area (Å²) in [4.78, 5) is 12.9. The van der Waals surface area contributed by atoms with E-state index < -0.39 is 0 Å². The van der Waals surface area contributed by atoms with E-state index in [1.165, 1.54) is 0 Å². The lowest BCUT2D eigenvalue weighted by molar-refractivity contribution is 0.0955. The number of hydrogen-bond acceptors (Lipinski definition) is 2. The Bertz CT molecular complexity index is 1740. The Hall–Kier alpha value is -5.16. The number of benzene rings is 4. The fourth-order valence-corrected chi connectivity index (χ4v) is 5.08. The molecule has 1 amide bonds. The molecule has 0 atom stereocenters. The molecular formula is C34H28N4O. The first-order chi connectivity index (χ1) is 19.1. The van der Waals surface area contributed by atoms with E-state index in [1.807, 2.05) is 79.8 Å². The molecule has 5 nitrogen and oxygen atoms in total.